The van der Waals surface area contributed by atoms with E-state index in [1.807, 2.05) is 206 Å². The molecule has 8 aliphatic rings. The van der Waals surface area contributed by atoms with Crippen molar-refractivity contribution in [3.63, 3.8) is 0 Å². The third-order valence-electron chi connectivity index (χ3n) is 23.5. The molecule has 3 N–H and O–H groups in total. The van der Waals surface area contributed by atoms with Gasteiger partial charge in [0.2, 0.25) is 0 Å². The molecule has 0 radical (unpaired) electrons. The first-order chi connectivity index (χ1) is 62.5. The maximum atomic E-state index is 12.7. The van der Waals surface area contributed by atoms with Crippen LogP contribution >= 0.6 is 55.1 Å². The third kappa shape index (κ3) is 29.6. The van der Waals surface area contributed by atoms with E-state index >= 15 is 0 Å². The summed E-state index contributed by atoms with van der Waals surface area (Å²) in [6, 6.07) is 96.3. The number of benzene rings is 10. The Bertz CT molecular complexity index is 5180. The Hall–Kier alpha value is -10.3. The van der Waals surface area contributed by atoms with E-state index in [1.165, 1.54) is 29.2 Å². The standard InChI is InChI=1S/C27H29N3O.C21H22BrN3O2.C17H19NO3S.C14H19N3O.C11H14N2O.C7H5BrO2.C3H4Cl2O2/c31-27(24-14-8-3-9-15-24)29-18-16-28(17-19-29)25-20-30(21-25)26(22-10-4-1-5-11-22)23-12-6-2-7-13-23;22-18-8-6-17(7-9-18)21(27)25-14-19(15-25)23-10-12-24(13-11-23)20(26)16-4-2-1-3-5-16;1-22(19,20)21-16-12-18(13-16)17(14-8-4-2-5-9-14)15-10-6-3-7-11-15;18-14(12-4-2-1-3-5-12)17-8-6-16(7-9-17)13-10-15-11-13;14-11(10-4-2-1-3-5-10)13-8-6-12-7-9-13;8-6-3-1-5(2-4-6)7(9)10;1-2(4)7-3(5)6/h1-15,25-26H,16-21H2;1-9,19H,10-15H2;2-11,16-17H,12-13H2,1H3;1-5,13,15H,6-11H2;1-5,12H,6-9H2;1-4H,(H,9,10);2H,1H3. The summed E-state index contributed by atoms with van der Waals surface area (Å²) < 4.78 is 33.5. The molecule has 10 aromatic carbocycles. The lowest BCUT2D eigenvalue weighted by atomic mass is 9.92. The number of halogens is 4. The van der Waals surface area contributed by atoms with Crippen LogP contribution in [0.15, 0.2) is 300 Å². The second kappa shape index (κ2) is 49.6. The first-order valence-electron chi connectivity index (χ1n) is 43.6. The highest BCUT2D eigenvalue weighted by molar-refractivity contribution is 9.10. The van der Waals surface area contributed by atoms with Crippen LogP contribution in [0.25, 0.3) is 0 Å². The fourth-order valence-corrected chi connectivity index (χ4v) is 17.8. The van der Waals surface area contributed by atoms with Gasteiger partial charge < -0.3 is 45.0 Å². The quantitative estimate of drug-likeness (QED) is 0.0410. The molecule has 1 atom stereocenters. The number of nitrogens with zero attached hydrogens (tertiary/aromatic N) is 10. The smallest absolute Gasteiger partial charge is 0.405 e. The van der Waals surface area contributed by atoms with Crippen molar-refractivity contribution in [2.24, 2.45) is 0 Å². The minimum atomic E-state index is -3.39. The Balaban J connectivity index is 0.000000142. The summed E-state index contributed by atoms with van der Waals surface area (Å²) in [4.78, 5) is 104. The van der Waals surface area contributed by atoms with Crippen molar-refractivity contribution in [2.75, 3.05) is 163 Å². The molecule has 8 heterocycles. The van der Waals surface area contributed by atoms with E-state index in [1.54, 1.807) is 24.3 Å². The summed E-state index contributed by atoms with van der Waals surface area (Å²) in [6.45, 7) is 22.5. The molecule has 678 valence electrons. The van der Waals surface area contributed by atoms with Crippen LogP contribution in [0.3, 0.4) is 0 Å². The Morgan fingerprint density at radius 3 is 0.907 bits per heavy atom. The zero-order valence-corrected chi connectivity index (χ0v) is 78.1. The number of carbonyl (C=O) groups is 7. The van der Waals surface area contributed by atoms with Crippen LogP contribution in [0, 0.1) is 0 Å². The summed E-state index contributed by atoms with van der Waals surface area (Å²) >= 11 is 16.5. The first kappa shape index (κ1) is 97.7. The Kier molecular flexibility index (Phi) is 37.6. The fraction of sp³-hybridized carbons (Fsp3) is 0.330. The third-order valence-corrected chi connectivity index (χ3v) is 25.3. The van der Waals surface area contributed by atoms with Crippen LogP contribution in [-0.4, -0.2) is 297 Å². The predicted octanol–water partition coefficient (Wildman–Crippen LogP) is 14.3. The van der Waals surface area contributed by atoms with E-state index in [0.29, 0.717) is 42.8 Å². The van der Waals surface area contributed by atoms with E-state index in [9.17, 15) is 42.0 Å². The number of likely N-dealkylation sites (tertiary alicyclic amines) is 3. The maximum absolute atomic E-state index is 12.7. The number of carboxylic acids is 1. The van der Waals surface area contributed by atoms with Crippen LogP contribution in [-0.2, 0) is 19.0 Å². The number of hydrogen-bond acceptors (Lipinski definition) is 18. The van der Waals surface area contributed by atoms with Crippen LogP contribution < -0.4 is 10.6 Å². The average Bonchev–Trinajstić information content (AvgIpc) is 0.786. The molecule has 29 heteroatoms. The summed E-state index contributed by atoms with van der Waals surface area (Å²) in [6.07, 6.45) is 0.853. The Morgan fingerprint density at radius 1 is 0.357 bits per heavy atom. The molecular weight excluding hydrogens is 1820 g/mol. The van der Waals surface area contributed by atoms with Gasteiger partial charge in [-0.1, -0.05) is 238 Å². The van der Waals surface area contributed by atoms with Gasteiger partial charge in [-0.25, -0.2) is 9.59 Å². The zero-order chi connectivity index (χ0) is 91.0. The first-order valence-corrected chi connectivity index (χ1v) is 47.8. The van der Waals surface area contributed by atoms with Crippen molar-refractivity contribution >= 4 is 106 Å². The van der Waals surface area contributed by atoms with Crippen molar-refractivity contribution in [3.05, 3.63) is 356 Å². The highest BCUT2D eigenvalue weighted by Gasteiger charge is 2.41. The van der Waals surface area contributed by atoms with E-state index in [0.717, 1.165) is 187 Å². The van der Waals surface area contributed by atoms with Crippen LogP contribution in [0.4, 0.5) is 4.79 Å². The lowest BCUT2D eigenvalue weighted by Gasteiger charge is -2.51. The SMILES string of the molecule is CC(Cl)OC(=O)Cl.CS(=O)(=O)OC1CN(C(c2ccccc2)c2ccccc2)C1.O=C(O)c1ccc(Br)cc1.O=C(c1ccccc1)N1CCN(C2CN(C(=O)c3ccc(Br)cc3)C2)CC1.O=C(c1ccccc1)N1CCN(C2CN(C(c3ccccc3)c3ccccc3)C2)CC1.O=C(c1ccccc1)N1CCN(C2CNC2)CC1.O=C(c1ccccc1)N1CCNCC1. The normalized spacial score (nSPS) is 17.3. The number of carbonyl (C=O) groups excluding carboxylic acids is 6. The lowest BCUT2D eigenvalue weighted by molar-refractivity contribution is -0.00734. The molecular formula is C100H112Br2Cl2N12O12S. The maximum Gasteiger partial charge on any atom is 0.405 e. The van der Waals surface area contributed by atoms with Gasteiger partial charge in [0.25, 0.3) is 39.7 Å². The number of nitrogens with one attached hydrogen (secondary N) is 2. The van der Waals surface area contributed by atoms with E-state index in [-0.39, 0.29) is 41.7 Å². The van der Waals surface area contributed by atoms with Gasteiger partial charge >= 0.3 is 11.4 Å². The van der Waals surface area contributed by atoms with Crippen molar-refractivity contribution in [3.8, 4) is 0 Å². The largest absolute Gasteiger partial charge is 0.478 e. The van der Waals surface area contributed by atoms with E-state index < -0.39 is 27.1 Å². The highest BCUT2D eigenvalue weighted by Crippen LogP contribution is 2.36. The minimum absolute atomic E-state index is 0.0941. The molecule has 8 aliphatic heterocycles. The monoisotopic (exact) mass is 1930 g/mol. The van der Waals surface area contributed by atoms with Crippen molar-refractivity contribution in [1.82, 2.24) is 59.6 Å². The van der Waals surface area contributed by atoms with Gasteiger partial charge in [-0.05, 0) is 126 Å². The molecule has 24 nitrogen and oxygen atoms in total. The summed E-state index contributed by atoms with van der Waals surface area (Å²) in [5.74, 6) is -0.224. The number of amides is 5. The molecule has 1 unspecified atom stereocenters. The number of hydrogen-bond donors (Lipinski definition) is 3. The predicted molar refractivity (Wildman–Crippen MR) is 512 cm³/mol. The van der Waals surface area contributed by atoms with Gasteiger partial charge in [0.15, 0.2) is 5.56 Å². The molecule has 0 aliphatic carbocycles. The van der Waals surface area contributed by atoms with Gasteiger partial charge in [-0.2, -0.15) is 8.42 Å². The fourth-order valence-electron chi connectivity index (χ4n) is 16.4. The molecule has 5 amide bonds. The molecule has 129 heavy (non-hydrogen) atoms. The van der Waals surface area contributed by atoms with Crippen LogP contribution in [0.1, 0.15) is 103 Å². The van der Waals surface area contributed by atoms with Crippen LogP contribution in [0.2, 0.25) is 0 Å². The number of aromatic carboxylic acids is 1. The van der Waals surface area contributed by atoms with E-state index in [2.05, 4.69) is 157 Å². The average molecular weight is 1940 g/mol. The molecule has 8 fully saturated rings. The lowest BCUT2D eigenvalue weighted by Crippen LogP contribution is -2.64. The molecule has 18 rings (SSSR count). The molecule has 0 saturated carbocycles. The second-order valence-corrected chi connectivity index (χ2v) is 36.7. The number of carboxylic acid groups (broad SMARTS) is 1. The van der Waals surface area contributed by atoms with Crippen molar-refractivity contribution < 1.29 is 56.0 Å². The number of alkyl halides is 1. The Labute approximate surface area is 784 Å². The van der Waals surface area contributed by atoms with Crippen molar-refractivity contribution in [2.45, 2.75) is 48.8 Å². The molecule has 0 aromatic heterocycles. The van der Waals surface area contributed by atoms with Gasteiger partial charge in [0, 0.05) is 224 Å². The zero-order valence-electron chi connectivity index (χ0n) is 72.6. The topological polar surface area (TPSA) is 249 Å². The molecule has 8 saturated heterocycles. The Morgan fingerprint density at radius 2 is 0.628 bits per heavy atom. The highest BCUT2D eigenvalue weighted by atomic mass is 79.9. The van der Waals surface area contributed by atoms with E-state index in [4.69, 9.17) is 32.5 Å². The summed E-state index contributed by atoms with van der Waals surface area (Å²) in [5, 5.41) is 15.0. The summed E-state index contributed by atoms with van der Waals surface area (Å²) in [7, 11) is -3.39. The van der Waals surface area contributed by atoms with Gasteiger partial charge in [-0.15, -0.1) is 0 Å². The van der Waals surface area contributed by atoms with Gasteiger partial charge in [-0.3, -0.25) is 52.7 Å². The molecule has 0 bridgehead atoms. The molecule has 0 spiro atoms. The number of rotatable bonds is 18. The van der Waals surface area contributed by atoms with Crippen molar-refractivity contribution in [1.29, 1.82) is 0 Å². The van der Waals surface area contributed by atoms with Gasteiger partial charge in [0.1, 0.15) is 6.10 Å². The van der Waals surface area contributed by atoms with Gasteiger partial charge in [0.05, 0.1) is 23.9 Å². The second-order valence-electron chi connectivity index (χ2n) is 32.3. The number of piperazine rings is 4. The van der Waals surface area contributed by atoms with Crippen LogP contribution in [0.5, 0.6) is 0 Å². The minimum Gasteiger partial charge on any atom is -0.478 e. The summed E-state index contributed by atoms with van der Waals surface area (Å²) in [5.41, 5.74) is 7.77. The number of ether oxygens (including phenoxy) is 1. The molecule has 10 aromatic rings.